The van der Waals surface area contributed by atoms with E-state index in [2.05, 4.69) is 16.0 Å². The molecule has 2 aliphatic rings. The second kappa shape index (κ2) is 21.3. The van der Waals surface area contributed by atoms with Crippen LogP contribution in [0, 0.1) is 0 Å². The number of carbonyl (C=O) groups excluding carboxylic acids is 3. The standard InChI is InChI=1S/C43H50N4O11/c44-34-36(48)37(49)39(35(38(34)53-24-28-13-5-1-6-14-28)47-43(52)56-27-31-19-11-4-12-20-31)58-40-33(46-42(51)55-26-30-17-9-3-10-18-30)22-21-32(57-40)23-45-41(50)54-25-29-15-7-2-8-16-29/h1-20,32-40,48-49H,21-27,44H2,(H,45,50)(H,46,51)(H,47,52)/t32-,33?,34-,35-,36-,37?,38?,39?,40+/m0/s1. The number of ether oxygens (including phenoxy) is 6. The molecule has 2 fully saturated rings. The number of nitrogens with two attached hydrogens (primary N) is 1. The lowest BCUT2D eigenvalue weighted by molar-refractivity contribution is -0.267. The van der Waals surface area contributed by atoms with Crippen LogP contribution in [0.3, 0.4) is 0 Å². The van der Waals surface area contributed by atoms with Gasteiger partial charge in [0.25, 0.3) is 0 Å². The minimum Gasteiger partial charge on any atom is -0.445 e. The first-order valence-electron chi connectivity index (χ1n) is 19.2. The largest absolute Gasteiger partial charge is 0.445 e. The van der Waals surface area contributed by atoms with E-state index in [0.29, 0.717) is 12.8 Å². The van der Waals surface area contributed by atoms with E-state index in [4.69, 9.17) is 34.2 Å². The van der Waals surface area contributed by atoms with Gasteiger partial charge in [0, 0.05) is 6.54 Å². The fraction of sp³-hybridized carbons (Fsp3) is 0.372. The Balaban J connectivity index is 1.19. The summed E-state index contributed by atoms with van der Waals surface area (Å²) < 4.78 is 35.5. The number of aliphatic hydroxyl groups is 2. The summed E-state index contributed by atoms with van der Waals surface area (Å²) in [5.41, 5.74) is 9.62. The maximum absolute atomic E-state index is 13.4. The van der Waals surface area contributed by atoms with Crippen LogP contribution in [0.4, 0.5) is 14.4 Å². The Hall–Kier alpha value is -5.55. The topological polar surface area (TPSA) is 209 Å². The lowest BCUT2D eigenvalue weighted by Crippen LogP contribution is -2.72. The molecule has 0 aromatic heterocycles. The fourth-order valence-electron chi connectivity index (χ4n) is 6.78. The van der Waals surface area contributed by atoms with Crippen LogP contribution in [0.15, 0.2) is 121 Å². The Labute approximate surface area is 336 Å². The normalized spacial score (nSPS) is 25.5. The van der Waals surface area contributed by atoms with Crippen LogP contribution in [0.25, 0.3) is 0 Å². The summed E-state index contributed by atoms with van der Waals surface area (Å²) in [6.07, 6.45) is -9.24. The molecule has 1 aliphatic carbocycles. The average Bonchev–Trinajstić information content (AvgIpc) is 3.26. The third-order valence-electron chi connectivity index (χ3n) is 9.90. The molecule has 58 heavy (non-hydrogen) atoms. The molecule has 15 nitrogen and oxygen atoms in total. The van der Waals surface area contributed by atoms with Crippen molar-refractivity contribution in [3.63, 3.8) is 0 Å². The number of rotatable bonds is 15. The Bertz CT molecular complexity index is 1860. The molecule has 7 N–H and O–H groups in total. The van der Waals surface area contributed by atoms with Crippen molar-refractivity contribution < 1.29 is 53.0 Å². The average molecular weight is 799 g/mol. The van der Waals surface area contributed by atoms with Gasteiger partial charge in [-0.1, -0.05) is 121 Å². The van der Waals surface area contributed by atoms with Gasteiger partial charge in [0.15, 0.2) is 6.29 Å². The highest BCUT2D eigenvalue weighted by molar-refractivity contribution is 5.68. The summed E-state index contributed by atoms with van der Waals surface area (Å²) in [6.45, 7) is 0.100. The zero-order valence-corrected chi connectivity index (χ0v) is 31.8. The van der Waals surface area contributed by atoms with Gasteiger partial charge in [-0.25, -0.2) is 14.4 Å². The zero-order chi connectivity index (χ0) is 40.7. The van der Waals surface area contributed by atoms with Gasteiger partial charge in [-0.05, 0) is 35.1 Å². The minimum absolute atomic E-state index is 0.00630. The van der Waals surface area contributed by atoms with Gasteiger partial charge in [-0.3, -0.25) is 0 Å². The number of hydrogen-bond acceptors (Lipinski definition) is 12. The number of aliphatic hydroxyl groups excluding tert-OH is 2. The summed E-state index contributed by atoms with van der Waals surface area (Å²) in [5.74, 6) is 0. The number of amides is 3. The van der Waals surface area contributed by atoms with Gasteiger partial charge in [0.05, 0.1) is 36.9 Å². The Morgan fingerprint density at radius 3 is 1.59 bits per heavy atom. The zero-order valence-electron chi connectivity index (χ0n) is 31.8. The second-order valence-electron chi connectivity index (χ2n) is 14.1. The minimum atomic E-state index is -1.66. The molecule has 1 heterocycles. The first kappa shape index (κ1) is 42.1. The van der Waals surface area contributed by atoms with Crippen LogP contribution < -0.4 is 21.7 Å². The number of hydrogen-bond donors (Lipinski definition) is 6. The second-order valence-corrected chi connectivity index (χ2v) is 14.1. The fourth-order valence-corrected chi connectivity index (χ4v) is 6.78. The maximum Gasteiger partial charge on any atom is 0.407 e. The van der Waals surface area contributed by atoms with Gasteiger partial charge in [0.2, 0.25) is 0 Å². The van der Waals surface area contributed by atoms with Gasteiger partial charge < -0.3 is 60.3 Å². The van der Waals surface area contributed by atoms with Crippen LogP contribution in [-0.2, 0) is 54.8 Å². The maximum atomic E-state index is 13.4. The summed E-state index contributed by atoms with van der Waals surface area (Å²) in [5, 5.41) is 31.1. The van der Waals surface area contributed by atoms with Crippen molar-refractivity contribution in [2.45, 2.75) is 94.2 Å². The molecule has 4 aromatic rings. The highest BCUT2D eigenvalue weighted by Crippen LogP contribution is 2.30. The van der Waals surface area contributed by atoms with Crippen LogP contribution in [-0.4, -0.2) is 90.0 Å². The summed E-state index contributed by atoms with van der Waals surface area (Å²) >= 11 is 0. The van der Waals surface area contributed by atoms with Crippen molar-refractivity contribution in [3.8, 4) is 0 Å². The number of carbonyl (C=O) groups is 3. The van der Waals surface area contributed by atoms with Crippen molar-refractivity contribution in [1.82, 2.24) is 16.0 Å². The number of nitrogens with one attached hydrogen (secondary N) is 3. The molecule has 4 unspecified atom stereocenters. The highest BCUT2D eigenvalue weighted by atomic mass is 16.7. The number of alkyl carbamates (subject to hydrolysis) is 3. The van der Waals surface area contributed by atoms with Crippen molar-refractivity contribution in [1.29, 1.82) is 0 Å². The van der Waals surface area contributed by atoms with Crippen LogP contribution in [0.5, 0.6) is 0 Å². The molecule has 1 saturated carbocycles. The first-order chi connectivity index (χ1) is 28.2. The molecular formula is C43H50N4O11. The van der Waals surface area contributed by atoms with Crippen molar-refractivity contribution in [2.75, 3.05) is 6.54 Å². The molecule has 1 aliphatic heterocycles. The Morgan fingerprint density at radius 2 is 1.07 bits per heavy atom. The predicted molar refractivity (Wildman–Crippen MR) is 210 cm³/mol. The van der Waals surface area contributed by atoms with Gasteiger partial charge in [0.1, 0.15) is 38.1 Å². The molecule has 3 amide bonds. The molecular weight excluding hydrogens is 748 g/mol. The van der Waals surface area contributed by atoms with Gasteiger partial charge >= 0.3 is 18.3 Å². The third kappa shape index (κ3) is 12.2. The van der Waals surface area contributed by atoms with E-state index in [1.165, 1.54) is 0 Å². The molecule has 6 rings (SSSR count). The van der Waals surface area contributed by atoms with Gasteiger partial charge in [-0.2, -0.15) is 0 Å². The summed E-state index contributed by atoms with van der Waals surface area (Å²) in [7, 11) is 0. The van der Waals surface area contributed by atoms with E-state index in [1.54, 1.807) is 12.1 Å². The molecule has 0 radical (unpaired) electrons. The van der Waals surface area contributed by atoms with E-state index >= 15 is 0 Å². The van der Waals surface area contributed by atoms with Crippen LogP contribution >= 0.6 is 0 Å². The van der Waals surface area contributed by atoms with Crippen molar-refractivity contribution >= 4 is 18.3 Å². The summed E-state index contributed by atoms with van der Waals surface area (Å²) in [4.78, 5) is 39.1. The Morgan fingerprint density at radius 1 is 0.603 bits per heavy atom. The van der Waals surface area contributed by atoms with Gasteiger partial charge in [-0.15, -0.1) is 0 Å². The lowest BCUT2D eigenvalue weighted by Gasteiger charge is -2.48. The van der Waals surface area contributed by atoms with E-state index in [0.717, 1.165) is 22.3 Å². The molecule has 4 aromatic carbocycles. The molecule has 9 atom stereocenters. The number of benzene rings is 4. The van der Waals surface area contributed by atoms with Crippen LogP contribution in [0.1, 0.15) is 35.1 Å². The Kier molecular flexibility index (Phi) is 15.4. The molecule has 15 heteroatoms. The highest BCUT2D eigenvalue weighted by Gasteiger charge is 2.52. The van der Waals surface area contributed by atoms with E-state index in [1.807, 2.05) is 109 Å². The molecule has 308 valence electrons. The first-order valence-corrected chi connectivity index (χ1v) is 19.2. The van der Waals surface area contributed by atoms with Crippen molar-refractivity contribution in [2.24, 2.45) is 5.73 Å². The monoisotopic (exact) mass is 798 g/mol. The van der Waals surface area contributed by atoms with Crippen LogP contribution in [0.2, 0.25) is 0 Å². The molecule has 1 saturated heterocycles. The molecule has 0 spiro atoms. The van der Waals surface area contributed by atoms with E-state index in [-0.39, 0.29) is 33.0 Å². The predicted octanol–water partition coefficient (Wildman–Crippen LogP) is 4.04. The summed E-state index contributed by atoms with van der Waals surface area (Å²) in [6, 6.07) is 33.5. The SMILES string of the molecule is N[C@@H]1C(OCc2ccccc2)[C@H](NC(=O)OCc2ccccc2)C(O[C@H]2O[C@H](CNC(=O)OCc3ccccc3)CCC2NC(=O)OCc2ccccc2)C(O)[C@H]1O. The van der Waals surface area contributed by atoms with Crippen molar-refractivity contribution in [3.05, 3.63) is 144 Å². The van der Waals surface area contributed by atoms with E-state index < -0.39 is 73.2 Å². The third-order valence-corrected chi connectivity index (χ3v) is 9.90. The quantitative estimate of drug-likeness (QED) is 0.0943. The molecule has 0 bridgehead atoms. The van der Waals surface area contributed by atoms with E-state index in [9.17, 15) is 24.6 Å². The smallest absolute Gasteiger partial charge is 0.407 e. The lowest BCUT2D eigenvalue weighted by atomic mass is 9.81.